The molecule has 0 bridgehead atoms. The lowest BCUT2D eigenvalue weighted by Crippen LogP contribution is -2.32. The number of nitrogens with zero attached hydrogens (tertiary/aromatic N) is 2. The third kappa shape index (κ3) is 4.06. The maximum Gasteiger partial charge on any atom is 0.254 e. The van der Waals surface area contributed by atoms with Crippen LogP contribution in [0.15, 0.2) is 46.3 Å². The molecule has 6 heteroatoms. The van der Waals surface area contributed by atoms with Crippen molar-refractivity contribution in [2.45, 2.75) is 45.9 Å². The van der Waals surface area contributed by atoms with Gasteiger partial charge in [-0.05, 0) is 62.4 Å². The first-order chi connectivity index (χ1) is 13.1. The first-order valence-corrected chi connectivity index (χ1v) is 9.98. The van der Waals surface area contributed by atoms with Gasteiger partial charge in [0.2, 0.25) is 0 Å². The van der Waals surface area contributed by atoms with Crippen molar-refractivity contribution in [1.82, 2.24) is 10.1 Å². The van der Waals surface area contributed by atoms with Gasteiger partial charge in [-0.25, -0.2) is 0 Å². The third-order valence-electron chi connectivity index (χ3n) is 4.82. The Morgan fingerprint density at radius 3 is 2.63 bits per heavy atom. The molecule has 0 saturated heterocycles. The molecule has 0 radical (unpaired) electrons. The Morgan fingerprint density at radius 1 is 1.26 bits per heavy atom. The quantitative estimate of drug-likeness (QED) is 0.592. The van der Waals surface area contributed by atoms with E-state index in [-0.39, 0.29) is 5.91 Å². The van der Waals surface area contributed by atoms with Crippen LogP contribution in [-0.4, -0.2) is 22.0 Å². The average molecular weight is 382 g/mol. The summed E-state index contributed by atoms with van der Waals surface area (Å²) < 4.78 is 11.0. The second kappa shape index (κ2) is 7.56. The van der Waals surface area contributed by atoms with Crippen LogP contribution in [0.2, 0.25) is 0 Å². The van der Waals surface area contributed by atoms with E-state index in [1.807, 2.05) is 49.1 Å². The molecular formula is C21H22N2O3S. The summed E-state index contributed by atoms with van der Waals surface area (Å²) in [5.74, 6) is 1.58. The Balaban J connectivity index is 1.42. The predicted molar refractivity (Wildman–Crippen MR) is 104 cm³/mol. The van der Waals surface area contributed by atoms with Crippen LogP contribution in [0.1, 0.15) is 45.1 Å². The molecule has 1 saturated carbocycles. The van der Waals surface area contributed by atoms with Crippen LogP contribution in [0, 0.1) is 13.8 Å². The van der Waals surface area contributed by atoms with Gasteiger partial charge in [-0.3, -0.25) is 4.79 Å². The number of benzene rings is 1. The van der Waals surface area contributed by atoms with Crippen LogP contribution in [-0.2, 0) is 13.2 Å². The largest absolute Gasteiger partial charge is 0.489 e. The Labute approximate surface area is 162 Å². The van der Waals surface area contributed by atoms with Crippen LogP contribution >= 0.6 is 11.3 Å². The van der Waals surface area contributed by atoms with Crippen molar-refractivity contribution < 1.29 is 14.1 Å². The number of hydrogen-bond donors (Lipinski definition) is 0. The highest BCUT2D eigenvalue weighted by Crippen LogP contribution is 2.31. The molecule has 0 N–H and O–H groups in total. The number of amides is 1. The van der Waals surface area contributed by atoms with Crippen molar-refractivity contribution in [3.05, 3.63) is 69.2 Å². The van der Waals surface area contributed by atoms with Crippen molar-refractivity contribution in [2.75, 3.05) is 0 Å². The Bertz CT molecular complexity index is 892. The van der Waals surface area contributed by atoms with Crippen molar-refractivity contribution in [3.8, 4) is 5.75 Å². The van der Waals surface area contributed by atoms with Gasteiger partial charge in [0.1, 0.15) is 18.1 Å². The van der Waals surface area contributed by atoms with E-state index in [0.717, 1.165) is 35.6 Å². The van der Waals surface area contributed by atoms with E-state index in [9.17, 15) is 4.79 Å². The van der Waals surface area contributed by atoms with Crippen molar-refractivity contribution >= 4 is 17.2 Å². The zero-order valence-electron chi connectivity index (χ0n) is 15.5. The minimum absolute atomic E-state index is 0.0863. The second-order valence-electron chi connectivity index (χ2n) is 6.86. The van der Waals surface area contributed by atoms with E-state index < -0.39 is 0 Å². The molecule has 3 aromatic rings. The molecule has 1 aromatic carbocycles. The summed E-state index contributed by atoms with van der Waals surface area (Å²) in [6.07, 6.45) is 2.19. The first kappa shape index (κ1) is 17.8. The Morgan fingerprint density at radius 2 is 2.04 bits per heavy atom. The molecule has 1 aliphatic rings. The molecule has 2 heterocycles. The van der Waals surface area contributed by atoms with Crippen LogP contribution in [0.5, 0.6) is 5.75 Å². The number of rotatable bonds is 7. The fourth-order valence-corrected chi connectivity index (χ4v) is 3.75. The zero-order valence-corrected chi connectivity index (χ0v) is 16.3. The molecule has 0 spiro atoms. The number of aryl methyl sites for hydroxylation is 2. The van der Waals surface area contributed by atoms with Gasteiger partial charge in [0.05, 0.1) is 17.8 Å². The molecule has 1 aliphatic carbocycles. The van der Waals surface area contributed by atoms with E-state index in [4.69, 9.17) is 9.26 Å². The van der Waals surface area contributed by atoms with Gasteiger partial charge in [0.15, 0.2) is 0 Å². The molecule has 27 heavy (non-hydrogen) atoms. The minimum atomic E-state index is 0.0863. The number of ether oxygens (including phenoxy) is 1. The van der Waals surface area contributed by atoms with Gasteiger partial charge in [-0.15, -0.1) is 11.3 Å². The normalized spacial score (nSPS) is 13.6. The molecule has 5 nitrogen and oxygen atoms in total. The fraction of sp³-hybridized carbons (Fsp3) is 0.333. The molecular weight excluding hydrogens is 360 g/mol. The molecule has 1 fully saturated rings. The fourth-order valence-electron chi connectivity index (χ4n) is 3.05. The van der Waals surface area contributed by atoms with Crippen LogP contribution in [0.3, 0.4) is 0 Å². The van der Waals surface area contributed by atoms with E-state index >= 15 is 0 Å². The molecule has 0 atom stereocenters. The summed E-state index contributed by atoms with van der Waals surface area (Å²) in [7, 11) is 0. The maximum absolute atomic E-state index is 13.0. The molecule has 140 valence electrons. The minimum Gasteiger partial charge on any atom is -0.489 e. The van der Waals surface area contributed by atoms with Gasteiger partial charge in [0, 0.05) is 16.5 Å². The summed E-state index contributed by atoms with van der Waals surface area (Å²) in [4.78, 5) is 16.2. The monoisotopic (exact) mass is 382 g/mol. The van der Waals surface area contributed by atoms with E-state index in [0.29, 0.717) is 24.8 Å². The summed E-state index contributed by atoms with van der Waals surface area (Å²) >= 11 is 1.69. The second-order valence-corrected chi connectivity index (χ2v) is 7.89. The Kier molecular flexibility index (Phi) is 4.99. The summed E-state index contributed by atoms with van der Waals surface area (Å²) in [6.45, 7) is 4.87. The van der Waals surface area contributed by atoms with Gasteiger partial charge >= 0.3 is 0 Å². The number of carbonyl (C=O) groups excluding carboxylic acids is 1. The topological polar surface area (TPSA) is 55.6 Å². The van der Waals surface area contributed by atoms with Gasteiger partial charge in [0.25, 0.3) is 5.91 Å². The highest BCUT2D eigenvalue weighted by Gasteiger charge is 2.33. The lowest BCUT2D eigenvalue weighted by atomic mass is 10.2. The number of aromatic nitrogens is 1. The predicted octanol–water partition coefficient (Wildman–Crippen LogP) is 4.74. The van der Waals surface area contributed by atoms with Crippen LogP contribution < -0.4 is 4.74 Å². The standard InChI is InChI=1S/C21H22N2O3S/c1-14-20(15(2)26-22-14)13-25-18-9-5-16(6-10-18)21(24)23(17-7-8-17)12-19-4-3-11-27-19/h3-6,9-11,17H,7-8,12-13H2,1-2H3. The molecule has 1 amide bonds. The van der Waals surface area contributed by atoms with Gasteiger partial charge in [-0.1, -0.05) is 11.2 Å². The number of thiophene rings is 1. The van der Waals surface area contributed by atoms with Crippen molar-refractivity contribution in [2.24, 2.45) is 0 Å². The van der Waals surface area contributed by atoms with E-state index in [1.165, 1.54) is 4.88 Å². The van der Waals surface area contributed by atoms with E-state index in [2.05, 4.69) is 16.6 Å². The number of hydrogen-bond acceptors (Lipinski definition) is 5. The Hall–Kier alpha value is -2.60. The lowest BCUT2D eigenvalue weighted by Gasteiger charge is -2.22. The SMILES string of the molecule is Cc1noc(C)c1COc1ccc(C(=O)N(Cc2cccs2)C2CC2)cc1. The lowest BCUT2D eigenvalue weighted by molar-refractivity contribution is 0.0731. The van der Waals surface area contributed by atoms with Crippen LogP contribution in [0.4, 0.5) is 0 Å². The maximum atomic E-state index is 13.0. The summed E-state index contributed by atoms with van der Waals surface area (Å²) in [6, 6.07) is 11.9. The number of carbonyl (C=O) groups is 1. The molecule has 2 aromatic heterocycles. The smallest absolute Gasteiger partial charge is 0.254 e. The average Bonchev–Trinajstić information content (AvgIpc) is 3.30. The third-order valence-corrected chi connectivity index (χ3v) is 5.68. The van der Waals surface area contributed by atoms with Crippen LogP contribution in [0.25, 0.3) is 0 Å². The van der Waals surface area contributed by atoms with Crippen molar-refractivity contribution in [3.63, 3.8) is 0 Å². The molecule has 0 aliphatic heterocycles. The van der Waals surface area contributed by atoms with Crippen molar-refractivity contribution in [1.29, 1.82) is 0 Å². The molecule has 0 unspecified atom stereocenters. The molecule has 4 rings (SSSR count). The highest BCUT2D eigenvalue weighted by atomic mass is 32.1. The van der Waals surface area contributed by atoms with Gasteiger partial charge in [-0.2, -0.15) is 0 Å². The zero-order chi connectivity index (χ0) is 18.8. The van der Waals surface area contributed by atoms with E-state index in [1.54, 1.807) is 11.3 Å². The van der Waals surface area contributed by atoms with Gasteiger partial charge < -0.3 is 14.2 Å². The summed E-state index contributed by atoms with van der Waals surface area (Å²) in [5, 5.41) is 5.99. The first-order valence-electron chi connectivity index (χ1n) is 9.10. The highest BCUT2D eigenvalue weighted by molar-refractivity contribution is 7.09. The summed E-state index contributed by atoms with van der Waals surface area (Å²) in [5.41, 5.74) is 2.50.